The summed E-state index contributed by atoms with van der Waals surface area (Å²) in [5, 5.41) is 10.6. The predicted molar refractivity (Wildman–Crippen MR) is 85.5 cm³/mol. The molecular formula is C17H13FN4. The lowest BCUT2D eigenvalue weighted by atomic mass is 9.98. The molecule has 22 heavy (non-hydrogen) atoms. The average Bonchev–Trinajstić information content (AvgIpc) is 2.97. The number of nitrogens with zero attached hydrogens (tertiary/aromatic N) is 2. The van der Waals surface area contributed by atoms with Gasteiger partial charge in [-0.1, -0.05) is 30.3 Å². The maximum absolute atomic E-state index is 14.4. The number of hydrogen-bond donors (Lipinski definition) is 2. The summed E-state index contributed by atoms with van der Waals surface area (Å²) in [5.41, 5.74) is 4.45. The number of benzene rings is 2. The summed E-state index contributed by atoms with van der Waals surface area (Å²) in [6.07, 6.45) is 3.44. The van der Waals surface area contributed by atoms with Crippen molar-refractivity contribution in [1.29, 1.82) is 0 Å². The van der Waals surface area contributed by atoms with Crippen LogP contribution in [-0.4, -0.2) is 15.9 Å². The molecule has 0 atom stereocenters. The maximum atomic E-state index is 14.4. The second-order valence-corrected chi connectivity index (χ2v) is 5.20. The minimum Gasteiger partial charge on any atom is -0.359 e. The highest BCUT2D eigenvalue weighted by Crippen LogP contribution is 2.32. The smallest absolute Gasteiger partial charge is 0.149 e. The van der Waals surface area contributed by atoms with Crippen LogP contribution in [0.4, 0.5) is 10.1 Å². The first-order valence-electron chi connectivity index (χ1n) is 6.97. The number of aliphatic imine (C=N–C) groups is 1. The third kappa shape index (κ3) is 1.90. The van der Waals surface area contributed by atoms with Gasteiger partial charge in [0.2, 0.25) is 0 Å². The summed E-state index contributed by atoms with van der Waals surface area (Å²) in [6, 6.07) is 11.3. The number of halogens is 1. The number of anilines is 1. The van der Waals surface area contributed by atoms with Crippen molar-refractivity contribution >= 4 is 22.3 Å². The molecule has 0 unspecified atom stereocenters. The average molecular weight is 292 g/mol. The Morgan fingerprint density at radius 2 is 1.95 bits per heavy atom. The minimum absolute atomic E-state index is 0.337. The molecule has 0 spiro atoms. The maximum Gasteiger partial charge on any atom is 0.149 e. The molecule has 2 aromatic carbocycles. The van der Waals surface area contributed by atoms with E-state index in [9.17, 15) is 4.39 Å². The van der Waals surface area contributed by atoms with E-state index in [1.54, 1.807) is 6.20 Å². The van der Waals surface area contributed by atoms with Gasteiger partial charge >= 0.3 is 0 Å². The Kier molecular flexibility index (Phi) is 2.79. The van der Waals surface area contributed by atoms with Crippen LogP contribution < -0.4 is 5.32 Å². The topological polar surface area (TPSA) is 53.1 Å². The normalized spacial score (nSPS) is 13.9. The highest BCUT2D eigenvalue weighted by molar-refractivity contribution is 6.20. The van der Waals surface area contributed by atoms with Crippen LogP contribution >= 0.6 is 0 Å². The Balaban J connectivity index is 2.05. The molecule has 1 aromatic heterocycles. The molecule has 2 heterocycles. The van der Waals surface area contributed by atoms with E-state index in [0.29, 0.717) is 10.9 Å². The van der Waals surface area contributed by atoms with Crippen molar-refractivity contribution in [2.45, 2.75) is 6.92 Å². The first kappa shape index (κ1) is 12.8. The number of nitrogens with one attached hydrogen (secondary N) is 2. The van der Waals surface area contributed by atoms with Crippen LogP contribution in [0.15, 0.2) is 59.5 Å². The lowest BCUT2D eigenvalue weighted by Gasteiger charge is -2.12. The number of fused-ring (bicyclic) bond motifs is 3. The summed E-state index contributed by atoms with van der Waals surface area (Å²) in [5.74, 6) is -0.337. The largest absolute Gasteiger partial charge is 0.359 e. The number of allylic oxidation sites excluding steroid dienone is 1. The molecule has 0 bridgehead atoms. The fourth-order valence-electron chi connectivity index (χ4n) is 2.68. The quantitative estimate of drug-likeness (QED) is 0.716. The van der Waals surface area contributed by atoms with E-state index >= 15 is 0 Å². The summed E-state index contributed by atoms with van der Waals surface area (Å²) < 4.78 is 14.4. The van der Waals surface area contributed by atoms with Crippen molar-refractivity contribution in [2.75, 3.05) is 5.32 Å². The van der Waals surface area contributed by atoms with E-state index < -0.39 is 0 Å². The number of rotatable bonds is 1. The number of H-pyrrole nitrogens is 1. The van der Waals surface area contributed by atoms with Crippen LogP contribution in [0.25, 0.3) is 10.9 Å². The van der Waals surface area contributed by atoms with Crippen LogP contribution in [0.1, 0.15) is 18.1 Å². The molecule has 0 saturated heterocycles. The van der Waals surface area contributed by atoms with Gasteiger partial charge in [-0.25, -0.2) is 4.39 Å². The van der Waals surface area contributed by atoms with Gasteiger partial charge in [0.1, 0.15) is 11.3 Å². The molecule has 0 amide bonds. The highest BCUT2D eigenvalue weighted by Gasteiger charge is 2.20. The monoisotopic (exact) mass is 292 g/mol. The zero-order valence-electron chi connectivity index (χ0n) is 11.9. The minimum atomic E-state index is -0.337. The highest BCUT2D eigenvalue weighted by atomic mass is 19.1. The molecule has 3 aromatic rings. The van der Waals surface area contributed by atoms with E-state index in [4.69, 9.17) is 0 Å². The fraction of sp³-hybridized carbons (Fsp3) is 0.0588. The second kappa shape index (κ2) is 4.80. The third-order valence-electron chi connectivity index (χ3n) is 3.70. The van der Waals surface area contributed by atoms with Crippen LogP contribution in [0.3, 0.4) is 0 Å². The molecule has 0 fully saturated rings. The summed E-state index contributed by atoms with van der Waals surface area (Å²) in [4.78, 5) is 4.64. The van der Waals surface area contributed by atoms with Crippen molar-refractivity contribution in [3.05, 3.63) is 71.4 Å². The van der Waals surface area contributed by atoms with Crippen molar-refractivity contribution in [2.24, 2.45) is 4.99 Å². The van der Waals surface area contributed by atoms with Gasteiger partial charge in [-0.15, -0.1) is 0 Å². The Morgan fingerprint density at radius 1 is 1.14 bits per heavy atom. The van der Waals surface area contributed by atoms with E-state index in [1.807, 2.05) is 43.5 Å². The van der Waals surface area contributed by atoms with Crippen LogP contribution in [-0.2, 0) is 0 Å². The van der Waals surface area contributed by atoms with Crippen molar-refractivity contribution in [3.8, 4) is 0 Å². The standard InChI is InChI=1S/C17H13FN4/c1-10-8-19-16-12(7-14(18)17-13(16)9-20-22-17)15(21-10)11-5-3-2-4-6-11/h2-9,19H,1H3,(H,20,22). The van der Waals surface area contributed by atoms with E-state index in [0.717, 1.165) is 28.2 Å². The molecule has 5 heteroatoms. The number of aromatic nitrogens is 2. The van der Waals surface area contributed by atoms with Gasteiger partial charge < -0.3 is 5.32 Å². The van der Waals surface area contributed by atoms with Gasteiger partial charge in [0.15, 0.2) is 0 Å². The Bertz CT molecular complexity index is 922. The molecule has 1 aliphatic heterocycles. The Morgan fingerprint density at radius 3 is 2.77 bits per heavy atom. The van der Waals surface area contributed by atoms with Crippen molar-refractivity contribution in [3.63, 3.8) is 0 Å². The number of aromatic amines is 1. The van der Waals surface area contributed by atoms with Crippen molar-refractivity contribution < 1.29 is 4.39 Å². The first-order valence-corrected chi connectivity index (χ1v) is 6.97. The molecule has 1 aliphatic rings. The second-order valence-electron chi connectivity index (χ2n) is 5.20. The van der Waals surface area contributed by atoms with Crippen LogP contribution in [0.2, 0.25) is 0 Å². The van der Waals surface area contributed by atoms with Gasteiger partial charge in [-0.3, -0.25) is 10.1 Å². The lowest BCUT2D eigenvalue weighted by Crippen LogP contribution is -2.06. The summed E-state index contributed by atoms with van der Waals surface area (Å²) in [6.45, 7) is 1.91. The zero-order valence-corrected chi connectivity index (χ0v) is 11.9. The molecule has 0 aliphatic carbocycles. The zero-order chi connectivity index (χ0) is 15.1. The van der Waals surface area contributed by atoms with Gasteiger partial charge in [0, 0.05) is 22.7 Å². The predicted octanol–water partition coefficient (Wildman–Crippen LogP) is 3.83. The van der Waals surface area contributed by atoms with Gasteiger partial charge in [0.25, 0.3) is 0 Å². The molecule has 108 valence electrons. The van der Waals surface area contributed by atoms with Crippen molar-refractivity contribution in [1.82, 2.24) is 10.2 Å². The van der Waals surface area contributed by atoms with E-state index in [-0.39, 0.29) is 5.82 Å². The molecule has 2 N–H and O–H groups in total. The Labute approximate surface area is 126 Å². The van der Waals surface area contributed by atoms with E-state index in [1.165, 1.54) is 6.07 Å². The molecule has 0 saturated carbocycles. The van der Waals surface area contributed by atoms with Crippen LogP contribution in [0.5, 0.6) is 0 Å². The van der Waals surface area contributed by atoms with Gasteiger partial charge in [-0.2, -0.15) is 5.10 Å². The lowest BCUT2D eigenvalue weighted by molar-refractivity contribution is 0.636. The van der Waals surface area contributed by atoms with Gasteiger partial charge in [0.05, 0.1) is 23.3 Å². The van der Waals surface area contributed by atoms with Gasteiger partial charge in [-0.05, 0) is 13.0 Å². The molecule has 0 radical (unpaired) electrons. The summed E-state index contributed by atoms with van der Waals surface area (Å²) in [7, 11) is 0. The van der Waals surface area contributed by atoms with E-state index in [2.05, 4.69) is 20.5 Å². The first-order chi connectivity index (χ1) is 10.7. The fourth-order valence-corrected chi connectivity index (χ4v) is 2.68. The SMILES string of the molecule is CC1=CNc2c(cc(F)c3[nH]ncc23)C(c2ccccc2)=N1. The third-order valence-corrected chi connectivity index (χ3v) is 3.70. The Hall–Kier alpha value is -2.95. The molecule has 4 nitrogen and oxygen atoms in total. The van der Waals surface area contributed by atoms with Crippen LogP contribution in [0, 0.1) is 5.82 Å². The molecular weight excluding hydrogens is 279 g/mol. The number of hydrogen-bond acceptors (Lipinski definition) is 3. The summed E-state index contributed by atoms with van der Waals surface area (Å²) >= 11 is 0. The molecule has 4 rings (SSSR count).